The molecule has 6 heteroatoms. The molecule has 52 heavy (non-hydrogen) atoms. The lowest BCUT2D eigenvalue weighted by Gasteiger charge is -2.18. The van der Waals surface area contributed by atoms with Crippen LogP contribution in [-0.4, -0.2) is 37.2 Å². The third-order valence-corrected chi connectivity index (χ3v) is 10.7. The van der Waals surface area contributed by atoms with Crippen molar-refractivity contribution in [2.75, 3.05) is 13.2 Å². The maximum Gasteiger partial charge on any atom is 0.306 e. The van der Waals surface area contributed by atoms with Gasteiger partial charge < -0.3 is 14.2 Å². The summed E-state index contributed by atoms with van der Waals surface area (Å²) in [7, 11) is 0. The Morgan fingerprint density at radius 3 is 1.00 bits per heavy atom. The van der Waals surface area contributed by atoms with E-state index in [-0.39, 0.29) is 31.1 Å². The minimum absolute atomic E-state index is 0.0643. The summed E-state index contributed by atoms with van der Waals surface area (Å²) in [5.41, 5.74) is 0. The van der Waals surface area contributed by atoms with Gasteiger partial charge in [-0.2, -0.15) is 0 Å². The van der Waals surface area contributed by atoms with Gasteiger partial charge >= 0.3 is 17.9 Å². The van der Waals surface area contributed by atoms with E-state index in [0.29, 0.717) is 19.3 Å². The van der Waals surface area contributed by atoms with Crippen LogP contribution in [0.1, 0.15) is 252 Å². The molecular formula is C46H88O6. The number of rotatable bonds is 41. The molecule has 0 aliphatic carbocycles. The van der Waals surface area contributed by atoms with E-state index < -0.39 is 6.10 Å². The number of ether oxygens (including phenoxy) is 3. The van der Waals surface area contributed by atoms with Crippen molar-refractivity contribution in [3.63, 3.8) is 0 Å². The van der Waals surface area contributed by atoms with Crippen LogP contribution in [0.15, 0.2) is 0 Å². The van der Waals surface area contributed by atoms with Gasteiger partial charge in [-0.3, -0.25) is 14.4 Å². The molecule has 0 N–H and O–H groups in total. The first-order valence-corrected chi connectivity index (χ1v) is 22.9. The maximum atomic E-state index is 12.7. The molecule has 0 fully saturated rings. The van der Waals surface area contributed by atoms with Crippen LogP contribution in [0.2, 0.25) is 0 Å². The van der Waals surface area contributed by atoms with E-state index in [2.05, 4.69) is 27.7 Å². The second-order valence-corrected chi connectivity index (χ2v) is 15.9. The lowest BCUT2D eigenvalue weighted by Crippen LogP contribution is -2.30. The molecule has 1 unspecified atom stereocenters. The first kappa shape index (κ1) is 50.4. The maximum absolute atomic E-state index is 12.7. The highest BCUT2D eigenvalue weighted by Gasteiger charge is 2.19. The molecule has 0 amide bonds. The fraction of sp³-hybridized carbons (Fsp3) is 0.935. The van der Waals surface area contributed by atoms with Crippen molar-refractivity contribution in [2.24, 2.45) is 5.92 Å². The molecule has 0 aromatic heterocycles. The number of unbranched alkanes of at least 4 members (excludes halogenated alkanes) is 27. The van der Waals surface area contributed by atoms with Crippen molar-refractivity contribution < 1.29 is 28.6 Å². The largest absolute Gasteiger partial charge is 0.462 e. The minimum atomic E-state index is -0.759. The van der Waals surface area contributed by atoms with Gasteiger partial charge in [0, 0.05) is 19.3 Å². The molecule has 0 aliphatic heterocycles. The highest BCUT2D eigenvalue weighted by molar-refractivity contribution is 5.71. The Balaban J connectivity index is 4.33. The van der Waals surface area contributed by atoms with Gasteiger partial charge in [0.25, 0.3) is 0 Å². The Morgan fingerprint density at radius 2 is 0.673 bits per heavy atom. The van der Waals surface area contributed by atoms with E-state index in [1.165, 1.54) is 148 Å². The molecule has 6 nitrogen and oxygen atoms in total. The van der Waals surface area contributed by atoms with E-state index in [0.717, 1.165) is 63.7 Å². The van der Waals surface area contributed by atoms with E-state index in [1.807, 2.05) is 0 Å². The Labute approximate surface area is 323 Å². The summed E-state index contributed by atoms with van der Waals surface area (Å²) in [4.78, 5) is 37.7. The zero-order valence-electron chi connectivity index (χ0n) is 35.3. The van der Waals surface area contributed by atoms with Gasteiger partial charge in [0.05, 0.1) is 0 Å². The summed E-state index contributed by atoms with van der Waals surface area (Å²) >= 11 is 0. The van der Waals surface area contributed by atoms with E-state index in [9.17, 15) is 14.4 Å². The zero-order chi connectivity index (χ0) is 38.2. The smallest absolute Gasteiger partial charge is 0.306 e. The molecule has 0 radical (unpaired) electrons. The molecule has 0 bridgehead atoms. The second-order valence-electron chi connectivity index (χ2n) is 15.9. The zero-order valence-corrected chi connectivity index (χ0v) is 35.3. The quantitative estimate of drug-likeness (QED) is 0.0353. The Bertz CT molecular complexity index is 783. The van der Waals surface area contributed by atoms with Crippen LogP contribution in [-0.2, 0) is 28.6 Å². The molecule has 0 rings (SSSR count). The molecule has 0 saturated carbocycles. The number of carbonyl (C=O) groups is 3. The molecule has 0 aromatic carbocycles. The number of carbonyl (C=O) groups excluding carboxylic acids is 3. The third-order valence-electron chi connectivity index (χ3n) is 10.7. The first-order chi connectivity index (χ1) is 25.4. The Hall–Kier alpha value is -1.59. The average molecular weight is 737 g/mol. The van der Waals surface area contributed by atoms with Gasteiger partial charge in [-0.15, -0.1) is 0 Å². The standard InChI is InChI=1S/C46H88O6/c1-5-8-10-12-14-16-18-19-21-22-24-29-33-37-44(47)50-40-43(41-51-45(48)38-34-30-27-26-28-32-36-42(4)7-3)52-46(49)39-35-31-25-23-20-17-15-13-11-9-6-2/h42-43H,5-41H2,1-4H3/t42?,43-/m1/s1. The van der Waals surface area contributed by atoms with E-state index >= 15 is 0 Å². The van der Waals surface area contributed by atoms with Gasteiger partial charge in [-0.25, -0.2) is 0 Å². The molecular weight excluding hydrogens is 648 g/mol. The SMILES string of the molecule is CCCCCCCCCCCCCCCC(=O)OC[C@H](COC(=O)CCCCCCCCC(C)CC)OC(=O)CCCCCCCCCCCCC. The summed E-state index contributed by atoms with van der Waals surface area (Å²) in [6.45, 7) is 8.96. The Morgan fingerprint density at radius 1 is 0.385 bits per heavy atom. The number of esters is 3. The van der Waals surface area contributed by atoms with Gasteiger partial charge in [-0.05, 0) is 25.2 Å². The molecule has 0 spiro atoms. The van der Waals surface area contributed by atoms with Crippen molar-refractivity contribution in [3.05, 3.63) is 0 Å². The van der Waals surface area contributed by atoms with E-state index in [1.54, 1.807) is 0 Å². The fourth-order valence-electron chi connectivity index (χ4n) is 6.77. The predicted molar refractivity (Wildman–Crippen MR) is 220 cm³/mol. The summed E-state index contributed by atoms with van der Waals surface area (Å²) in [6, 6.07) is 0. The fourth-order valence-corrected chi connectivity index (χ4v) is 6.77. The molecule has 0 aliphatic rings. The molecule has 0 aromatic rings. The van der Waals surface area contributed by atoms with Crippen LogP contribution in [0, 0.1) is 5.92 Å². The van der Waals surface area contributed by atoms with Crippen molar-refractivity contribution >= 4 is 17.9 Å². The number of hydrogen-bond donors (Lipinski definition) is 0. The van der Waals surface area contributed by atoms with Crippen molar-refractivity contribution in [3.8, 4) is 0 Å². The summed E-state index contributed by atoms with van der Waals surface area (Å²) in [5.74, 6) is -0.0423. The van der Waals surface area contributed by atoms with Gasteiger partial charge in [0.15, 0.2) is 6.10 Å². The molecule has 0 heterocycles. The Kier molecular flexibility index (Phi) is 39.4. The third kappa shape index (κ3) is 38.1. The summed E-state index contributed by atoms with van der Waals surface area (Å²) in [5, 5.41) is 0. The monoisotopic (exact) mass is 737 g/mol. The lowest BCUT2D eigenvalue weighted by molar-refractivity contribution is -0.167. The highest BCUT2D eigenvalue weighted by Crippen LogP contribution is 2.16. The molecule has 308 valence electrons. The predicted octanol–water partition coefficient (Wildman–Crippen LogP) is 14.3. The minimum Gasteiger partial charge on any atom is -0.462 e. The first-order valence-electron chi connectivity index (χ1n) is 22.9. The van der Waals surface area contributed by atoms with Crippen molar-refractivity contribution in [1.82, 2.24) is 0 Å². The van der Waals surface area contributed by atoms with Gasteiger partial charge in [0.1, 0.15) is 13.2 Å². The number of hydrogen-bond acceptors (Lipinski definition) is 6. The normalized spacial score (nSPS) is 12.5. The molecule has 2 atom stereocenters. The van der Waals surface area contributed by atoms with Crippen LogP contribution >= 0.6 is 0 Å². The van der Waals surface area contributed by atoms with Crippen LogP contribution in [0.4, 0.5) is 0 Å². The highest BCUT2D eigenvalue weighted by atomic mass is 16.6. The second kappa shape index (κ2) is 40.6. The van der Waals surface area contributed by atoms with Crippen LogP contribution < -0.4 is 0 Å². The topological polar surface area (TPSA) is 78.9 Å². The summed E-state index contributed by atoms with van der Waals surface area (Å²) in [6.07, 6.45) is 39.4. The van der Waals surface area contributed by atoms with E-state index in [4.69, 9.17) is 14.2 Å². The van der Waals surface area contributed by atoms with Crippen LogP contribution in [0.25, 0.3) is 0 Å². The lowest BCUT2D eigenvalue weighted by atomic mass is 10.00. The van der Waals surface area contributed by atoms with Gasteiger partial charge in [0.2, 0.25) is 0 Å². The van der Waals surface area contributed by atoms with Crippen molar-refractivity contribution in [1.29, 1.82) is 0 Å². The van der Waals surface area contributed by atoms with Crippen LogP contribution in [0.3, 0.4) is 0 Å². The van der Waals surface area contributed by atoms with Crippen LogP contribution in [0.5, 0.6) is 0 Å². The van der Waals surface area contributed by atoms with Gasteiger partial charge in [-0.1, -0.05) is 214 Å². The van der Waals surface area contributed by atoms with Crippen molar-refractivity contribution in [2.45, 2.75) is 259 Å². The molecule has 0 saturated heterocycles. The summed E-state index contributed by atoms with van der Waals surface area (Å²) < 4.78 is 16.7. The average Bonchev–Trinajstić information content (AvgIpc) is 3.14.